The average Bonchev–Trinajstić information content (AvgIpc) is 2.67. The van der Waals surface area contributed by atoms with Crippen molar-refractivity contribution in [1.29, 1.82) is 0 Å². The van der Waals surface area contributed by atoms with Crippen molar-refractivity contribution in [2.24, 2.45) is 0 Å². The van der Waals surface area contributed by atoms with E-state index in [2.05, 4.69) is 4.98 Å². The molecule has 0 aliphatic carbocycles. The van der Waals surface area contributed by atoms with E-state index in [1.807, 2.05) is 0 Å². The highest BCUT2D eigenvalue weighted by molar-refractivity contribution is 7.71. The molecule has 0 aliphatic rings. The van der Waals surface area contributed by atoms with E-state index < -0.39 is 0 Å². The summed E-state index contributed by atoms with van der Waals surface area (Å²) in [6.07, 6.45) is 0. The molecule has 0 radical (unpaired) electrons. The fourth-order valence-electron chi connectivity index (χ4n) is 2.79. The Kier molecular flexibility index (Phi) is 4.85. The van der Waals surface area contributed by atoms with Crippen LogP contribution in [0.4, 0.5) is 0 Å². The lowest BCUT2D eigenvalue weighted by atomic mass is 10.2. The second kappa shape index (κ2) is 7.09. The maximum Gasteiger partial charge on any atom is 0.267 e. The molecule has 0 saturated heterocycles. The second-order valence-electron chi connectivity index (χ2n) is 5.34. The highest BCUT2D eigenvalue weighted by Gasteiger charge is 2.20. The summed E-state index contributed by atoms with van der Waals surface area (Å²) in [6, 6.07) is 8.64. The Morgan fingerprint density at radius 2 is 1.58 bits per heavy atom. The van der Waals surface area contributed by atoms with Crippen molar-refractivity contribution in [3.05, 3.63) is 45.5 Å². The Morgan fingerprint density at radius 1 is 0.923 bits per heavy atom. The van der Waals surface area contributed by atoms with Gasteiger partial charge in [0, 0.05) is 0 Å². The predicted octanol–water partition coefficient (Wildman–Crippen LogP) is 3.08. The lowest BCUT2D eigenvalue weighted by molar-refractivity contribution is 0.326. The number of benzene rings is 2. The summed E-state index contributed by atoms with van der Waals surface area (Å²) in [4.78, 5) is 16.2. The van der Waals surface area contributed by atoms with Crippen LogP contribution in [-0.2, 0) is 0 Å². The molecule has 26 heavy (non-hydrogen) atoms. The summed E-state index contributed by atoms with van der Waals surface area (Å²) in [5.74, 6) is 1.81. The van der Waals surface area contributed by atoms with Crippen molar-refractivity contribution in [2.75, 3.05) is 28.4 Å². The van der Waals surface area contributed by atoms with Gasteiger partial charge < -0.3 is 23.9 Å². The number of methoxy groups -OCH3 is 4. The maximum absolute atomic E-state index is 13.1. The normalized spacial score (nSPS) is 10.6. The zero-order chi connectivity index (χ0) is 18.8. The first kappa shape index (κ1) is 17.8. The summed E-state index contributed by atoms with van der Waals surface area (Å²) < 4.78 is 22.9. The van der Waals surface area contributed by atoms with Gasteiger partial charge >= 0.3 is 0 Å². The van der Waals surface area contributed by atoms with E-state index >= 15 is 0 Å². The second-order valence-corrected chi connectivity index (χ2v) is 5.72. The first-order chi connectivity index (χ1) is 12.5. The number of rotatable bonds is 5. The van der Waals surface area contributed by atoms with E-state index in [9.17, 15) is 4.79 Å². The number of hydrogen-bond donors (Lipinski definition) is 1. The molecule has 1 N–H and O–H groups in total. The van der Waals surface area contributed by atoms with Crippen molar-refractivity contribution in [3.8, 4) is 28.7 Å². The van der Waals surface area contributed by atoms with Crippen LogP contribution in [0.1, 0.15) is 0 Å². The third kappa shape index (κ3) is 2.78. The molecule has 0 atom stereocenters. The van der Waals surface area contributed by atoms with E-state index in [1.54, 1.807) is 37.4 Å². The highest BCUT2D eigenvalue weighted by Crippen LogP contribution is 2.41. The molecule has 0 unspecified atom stereocenters. The Bertz CT molecular complexity index is 1070. The molecule has 1 aromatic heterocycles. The van der Waals surface area contributed by atoms with Crippen molar-refractivity contribution in [2.45, 2.75) is 0 Å². The topological polar surface area (TPSA) is 74.7 Å². The Hall–Kier alpha value is -3.00. The van der Waals surface area contributed by atoms with Crippen LogP contribution in [0.5, 0.6) is 23.0 Å². The fraction of sp³-hybridized carbons (Fsp3) is 0.222. The maximum atomic E-state index is 13.1. The number of aromatic nitrogens is 2. The van der Waals surface area contributed by atoms with Crippen molar-refractivity contribution in [3.63, 3.8) is 0 Å². The molecule has 7 nitrogen and oxygen atoms in total. The summed E-state index contributed by atoms with van der Waals surface area (Å²) in [7, 11) is 6.06. The van der Waals surface area contributed by atoms with Gasteiger partial charge in [-0.3, -0.25) is 9.36 Å². The number of H-pyrrole nitrogens is 1. The van der Waals surface area contributed by atoms with Crippen LogP contribution < -0.4 is 24.5 Å². The van der Waals surface area contributed by atoms with Crippen molar-refractivity contribution >= 4 is 23.1 Å². The van der Waals surface area contributed by atoms with Gasteiger partial charge in [-0.15, -0.1) is 0 Å². The molecule has 0 aliphatic heterocycles. The Morgan fingerprint density at radius 3 is 2.12 bits per heavy atom. The molecule has 0 spiro atoms. The molecule has 1 heterocycles. The first-order valence-electron chi connectivity index (χ1n) is 7.68. The SMILES string of the molecule is COc1ccc(-n2c(=S)[nH]c3c(OC)c(OC)c(OC)cc3c2=O)cc1. The molecular weight excluding hydrogens is 356 g/mol. The number of aromatic amines is 1. The van der Waals surface area contributed by atoms with Crippen LogP contribution in [0.15, 0.2) is 35.1 Å². The Labute approximate surface area is 154 Å². The molecule has 136 valence electrons. The van der Waals surface area contributed by atoms with Gasteiger partial charge in [0.05, 0.1) is 39.5 Å². The number of hydrogen-bond acceptors (Lipinski definition) is 6. The van der Waals surface area contributed by atoms with Gasteiger partial charge in [-0.25, -0.2) is 0 Å². The third-order valence-corrected chi connectivity index (χ3v) is 4.31. The van der Waals surface area contributed by atoms with Crippen LogP contribution in [-0.4, -0.2) is 38.0 Å². The molecule has 3 rings (SSSR count). The highest BCUT2D eigenvalue weighted by atomic mass is 32.1. The standard InChI is InChI=1S/C18H18N2O5S/c1-22-11-7-5-10(6-8-11)20-17(21)12-9-13(23-2)15(24-3)16(25-4)14(12)19-18(20)26/h5-9H,1-4H3,(H,19,26). The van der Waals surface area contributed by atoms with Crippen molar-refractivity contribution < 1.29 is 18.9 Å². The molecule has 0 fully saturated rings. The third-order valence-electron chi connectivity index (χ3n) is 4.03. The summed E-state index contributed by atoms with van der Waals surface area (Å²) >= 11 is 5.41. The minimum Gasteiger partial charge on any atom is -0.497 e. The molecule has 8 heteroatoms. The van der Waals surface area contributed by atoms with Crippen LogP contribution in [0.2, 0.25) is 0 Å². The predicted molar refractivity (Wildman–Crippen MR) is 101 cm³/mol. The molecule has 0 amide bonds. The minimum absolute atomic E-state index is 0.234. The first-order valence-corrected chi connectivity index (χ1v) is 8.09. The lowest BCUT2D eigenvalue weighted by Gasteiger charge is -2.16. The molecule has 3 aromatic rings. The number of ether oxygens (including phenoxy) is 4. The van der Waals surface area contributed by atoms with Gasteiger partial charge in [-0.1, -0.05) is 0 Å². The van der Waals surface area contributed by atoms with Gasteiger partial charge in [0.25, 0.3) is 5.56 Å². The van der Waals surface area contributed by atoms with Crippen molar-refractivity contribution in [1.82, 2.24) is 9.55 Å². The molecular formula is C18H18N2O5S. The van der Waals surface area contributed by atoms with Gasteiger partial charge in [0.15, 0.2) is 16.3 Å². The van der Waals surface area contributed by atoms with Crippen LogP contribution in [0, 0.1) is 4.77 Å². The lowest BCUT2D eigenvalue weighted by Crippen LogP contribution is -2.21. The van der Waals surface area contributed by atoms with Gasteiger partial charge in [-0.05, 0) is 42.5 Å². The van der Waals surface area contributed by atoms with E-state index in [-0.39, 0.29) is 10.3 Å². The smallest absolute Gasteiger partial charge is 0.267 e. The molecule has 2 aromatic carbocycles. The molecule has 0 bridgehead atoms. The largest absolute Gasteiger partial charge is 0.497 e. The van der Waals surface area contributed by atoms with Gasteiger partial charge in [0.2, 0.25) is 5.75 Å². The number of fused-ring (bicyclic) bond motifs is 1. The quantitative estimate of drug-likeness (QED) is 0.692. The number of nitrogens with one attached hydrogen (secondary N) is 1. The minimum atomic E-state index is -0.298. The van der Waals surface area contributed by atoms with Gasteiger partial charge in [-0.2, -0.15) is 0 Å². The van der Waals surface area contributed by atoms with Crippen LogP contribution in [0.25, 0.3) is 16.6 Å². The van der Waals surface area contributed by atoms with E-state index in [4.69, 9.17) is 31.2 Å². The van der Waals surface area contributed by atoms with E-state index in [0.717, 1.165) is 0 Å². The van der Waals surface area contributed by atoms with Crippen LogP contribution >= 0.6 is 12.2 Å². The Balaban J connectivity index is 2.37. The average molecular weight is 374 g/mol. The number of nitrogens with zero attached hydrogens (tertiary/aromatic N) is 1. The monoisotopic (exact) mass is 374 g/mol. The van der Waals surface area contributed by atoms with E-state index in [1.165, 1.54) is 25.9 Å². The fourth-order valence-corrected chi connectivity index (χ4v) is 3.08. The molecule has 0 saturated carbocycles. The summed E-state index contributed by atoms with van der Waals surface area (Å²) in [6.45, 7) is 0. The zero-order valence-electron chi connectivity index (χ0n) is 14.8. The van der Waals surface area contributed by atoms with Crippen LogP contribution in [0.3, 0.4) is 0 Å². The summed E-state index contributed by atoms with van der Waals surface area (Å²) in [5, 5.41) is 0.365. The van der Waals surface area contributed by atoms with Gasteiger partial charge in [0.1, 0.15) is 11.3 Å². The van der Waals surface area contributed by atoms with E-state index in [0.29, 0.717) is 39.6 Å². The summed E-state index contributed by atoms with van der Waals surface area (Å²) in [5.41, 5.74) is 0.769. The zero-order valence-corrected chi connectivity index (χ0v) is 15.6.